The second-order valence-corrected chi connectivity index (χ2v) is 6.04. The van der Waals surface area contributed by atoms with Gasteiger partial charge in [-0.3, -0.25) is 0 Å². The van der Waals surface area contributed by atoms with Crippen molar-refractivity contribution in [3.63, 3.8) is 0 Å². The van der Waals surface area contributed by atoms with E-state index in [1.165, 1.54) is 38.5 Å². The number of aromatic hydroxyl groups is 1. The largest absolute Gasteiger partial charge is 0.506 e. The topological polar surface area (TPSA) is 20.2 Å². The van der Waals surface area contributed by atoms with Crippen molar-refractivity contribution >= 4 is 15.9 Å². The highest BCUT2D eigenvalue weighted by Gasteiger charge is 2.24. The molecule has 17 heavy (non-hydrogen) atoms. The molecular formula is C15H21BrO. The Morgan fingerprint density at radius 3 is 2.59 bits per heavy atom. The van der Waals surface area contributed by atoms with Crippen LogP contribution in [-0.4, -0.2) is 5.11 Å². The molecule has 0 aliphatic heterocycles. The second kappa shape index (κ2) is 5.90. The van der Waals surface area contributed by atoms with Gasteiger partial charge in [-0.15, -0.1) is 0 Å². The Hall–Kier alpha value is -0.500. The van der Waals surface area contributed by atoms with E-state index in [1.54, 1.807) is 0 Å². The van der Waals surface area contributed by atoms with Crippen LogP contribution in [-0.2, 0) is 0 Å². The van der Waals surface area contributed by atoms with E-state index in [0.29, 0.717) is 11.7 Å². The van der Waals surface area contributed by atoms with E-state index in [1.807, 2.05) is 12.1 Å². The molecule has 94 valence electrons. The molecule has 1 nitrogen and oxygen atoms in total. The maximum absolute atomic E-state index is 10.1. The molecule has 1 saturated carbocycles. The van der Waals surface area contributed by atoms with Gasteiger partial charge < -0.3 is 5.11 Å². The highest BCUT2D eigenvalue weighted by molar-refractivity contribution is 9.10. The van der Waals surface area contributed by atoms with Crippen LogP contribution in [0.1, 0.15) is 56.9 Å². The molecule has 1 fully saturated rings. The van der Waals surface area contributed by atoms with E-state index in [-0.39, 0.29) is 0 Å². The first-order valence-electron chi connectivity index (χ1n) is 6.69. The van der Waals surface area contributed by atoms with Crippen LogP contribution in [0.5, 0.6) is 5.75 Å². The molecule has 0 radical (unpaired) electrons. The third-order valence-electron chi connectivity index (χ3n) is 4.00. The van der Waals surface area contributed by atoms with Gasteiger partial charge in [-0.05, 0) is 65.1 Å². The zero-order chi connectivity index (χ0) is 12.3. The number of hydrogen-bond acceptors (Lipinski definition) is 1. The van der Waals surface area contributed by atoms with E-state index < -0.39 is 0 Å². The Morgan fingerprint density at radius 1 is 1.24 bits per heavy atom. The third kappa shape index (κ3) is 3.04. The average Bonchev–Trinajstić information content (AvgIpc) is 2.34. The summed E-state index contributed by atoms with van der Waals surface area (Å²) in [6.07, 6.45) is 7.78. The van der Waals surface area contributed by atoms with E-state index in [4.69, 9.17) is 0 Å². The van der Waals surface area contributed by atoms with Gasteiger partial charge >= 0.3 is 0 Å². The summed E-state index contributed by atoms with van der Waals surface area (Å²) in [5, 5.41) is 10.1. The van der Waals surface area contributed by atoms with Crippen molar-refractivity contribution in [3.8, 4) is 5.75 Å². The normalized spacial score (nSPS) is 24.8. The Bertz CT molecular complexity index is 367. The van der Waals surface area contributed by atoms with Crippen molar-refractivity contribution < 1.29 is 5.11 Å². The minimum atomic E-state index is 0.450. The minimum Gasteiger partial charge on any atom is -0.506 e. The van der Waals surface area contributed by atoms with Gasteiger partial charge in [0, 0.05) is 0 Å². The van der Waals surface area contributed by atoms with E-state index in [2.05, 4.69) is 28.9 Å². The van der Waals surface area contributed by atoms with E-state index in [0.717, 1.165) is 16.0 Å². The molecule has 0 bridgehead atoms. The first-order valence-corrected chi connectivity index (χ1v) is 7.49. The molecule has 0 amide bonds. The number of phenols is 1. The summed E-state index contributed by atoms with van der Waals surface area (Å²) in [4.78, 5) is 0. The monoisotopic (exact) mass is 296 g/mol. The van der Waals surface area contributed by atoms with Gasteiger partial charge in [-0.2, -0.15) is 0 Å². The lowest BCUT2D eigenvalue weighted by atomic mass is 9.77. The lowest BCUT2D eigenvalue weighted by Crippen LogP contribution is -2.13. The zero-order valence-electron chi connectivity index (χ0n) is 10.5. The minimum absolute atomic E-state index is 0.450. The van der Waals surface area contributed by atoms with Gasteiger partial charge in [0.1, 0.15) is 5.75 Å². The molecule has 0 saturated heterocycles. The van der Waals surface area contributed by atoms with Crippen LogP contribution in [0, 0.1) is 5.92 Å². The van der Waals surface area contributed by atoms with E-state index >= 15 is 0 Å². The van der Waals surface area contributed by atoms with Gasteiger partial charge in [-0.25, -0.2) is 0 Å². The molecule has 1 aromatic carbocycles. The van der Waals surface area contributed by atoms with Gasteiger partial charge in [0.05, 0.1) is 4.47 Å². The summed E-state index contributed by atoms with van der Waals surface area (Å²) in [7, 11) is 0. The Morgan fingerprint density at radius 2 is 1.94 bits per heavy atom. The number of rotatable bonds is 3. The average molecular weight is 297 g/mol. The van der Waals surface area contributed by atoms with Crippen molar-refractivity contribution in [1.29, 1.82) is 0 Å². The molecular weight excluding hydrogens is 276 g/mol. The third-order valence-corrected chi connectivity index (χ3v) is 4.64. The molecule has 0 atom stereocenters. The van der Waals surface area contributed by atoms with Crippen molar-refractivity contribution in [1.82, 2.24) is 0 Å². The van der Waals surface area contributed by atoms with Gasteiger partial charge in [0.25, 0.3) is 0 Å². The standard InChI is InChI=1S/C15H21BrO/c1-2-4-11-7-9-12(10-8-11)13-5-3-6-14(16)15(13)17/h3,5-6,11-12,17H,2,4,7-10H2,1H3/t11-,12-. The number of benzene rings is 1. The Labute approximate surface area is 112 Å². The maximum atomic E-state index is 10.1. The SMILES string of the molecule is CCC[C@H]1CC[C@H](c2cccc(Br)c2O)CC1. The molecule has 1 aromatic rings. The molecule has 2 rings (SSSR count). The molecule has 0 spiro atoms. The lowest BCUT2D eigenvalue weighted by Gasteiger charge is -2.29. The fraction of sp³-hybridized carbons (Fsp3) is 0.600. The Kier molecular flexibility index (Phi) is 4.49. The molecule has 1 N–H and O–H groups in total. The van der Waals surface area contributed by atoms with Crippen LogP contribution < -0.4 is 0 Å². The summed E-state index contributed by atoms with van der Waals surface area (Å²) in [6, 6.07) is 6.00. The smallest absolute Gasteiger partial charge is 0.133 e. The molecule has 0 unspecified atom stereocenters. The number of halogens is 1. The first kappa shape index (κ1) is 12.9. The summed E-state index contributed by atoms with van der Waals surface area (Å²) in [5.41, 5.74) is 1.13. The van der Waals surface area contributed by atoms with Crippen molar-refractivity contribution in [2.24, 2.45) is 5.92 Å². The molecule has 1 aliphatic carbocycles. The summed E-state index contributed by atoms with van der Waals surface area (Å²) in [6.45, 7) is 2.27. The van der Waals surface area contributed by atoms with Crippen molar-refractivity contribution in [3.05, 3.63) is 28.2 Å². The van der Waals surface area contributed by atoms with Crippen LogP contribution in [0.15, 0.2) is 22.7 Å². The quantitative estimate of drug-likeness (QED) is 0.810. The first-order chi connectivity index (χ1) is 8.22. The summed E-state index contributed by atoms with van der Waals surface area (Å²) >= 11 is 3.40. The summed E-state index contributed by atoms with van der Waals surface area (Å²) in [5.74, 6) is 1.93. The van der Waals surface area contributed by atoms with Crippen LogP contribution in [0.3, 0.4) is 0 Å². The van der Waals surface area contributed by atoms with Crippen molar-refractivity contribution in [2.45, 2.75) is 51.4 Å². The van der Waals surface area contributed by atoms with Crippen LogP contribution in [0.25, 0.3) is 0 Å². The summed E-state index contributed by atoms with van der Waals surface area (Å²) < 4.78 is 0.825. The Balaban J connectivity index is 2.03. The van der Waals surface area contributed by atoms with Gasteiger partial charge in [0.2, 0.25) is 0 Å². The molecule has 0 heterocycles. The van der Waals surface area contributed by atoms with Gasteiger partial charge in [-0.1, -0.05) is 31.9 Å². The van der Waals surface area contributed by atoms with Crippen LogP contribution in [0.4, 0.5) is 0 Å². The fourth-order valence-electron chi connectivity index (χ4n) is 3.03. The number of phenolic OH excluding ortho intramolecular Hbond substituents is 1. The fourth-order valence-corrected chi connectivity index (χ4v) is 3.41. The maximum Gasteiger partial charge on any atom is 0.133 e. The predicted molar refractivity (Wildman–Crippen MR) is 75.4 cm³/mol. The number of hydrogen-bond donors (Lipinski definition) is 1. The molecule has 1 aliphatic rings. The lowest BCUT2D eigenvalue weighted by molar-refractivity contribution is 0.304. The molecule has 2 heteroatoms. The highest BCUT2D eigenvalue weighted by atomic mass is 79.9. The second-order valence-electron chi connectivity index (χ2n) is 5.18. The van der Waals surface area contributed by atoms with Crippen LogP contribution >= 0.6 is 15.9 Å². The van der Waals surface area contributed by atoms with E-state index in [9.17, 15) is 5.11 Å². The van der Waals surface area contributed by atoms with Gasteiger partial charge in [0.15, 0.2) is 0 Å². The highest BCUT2D eigenvalue weighted by Crippen LogP contribution is 2.42. The molecule has 0 aromatic heterocycles. The zero-order valence-corrected chi connectivity index (χ0v) is 12.0. The predicted octanol–water partition coefficient (Wildman–Crippen LogP) is 5.23. The number of para-hydroxylation sites is 1. The van der Waals surface area contributed by atoms with Crippen molar-refractivity contribution in [2.75, 3.05) is 0 Å². The van der Waals surface area contributed by atoms with Crippen LogP contribution in [0.2, 0.25) is 0 Å².